The molecule has 0 amide bonds. The summed E-state index contributed by atoms with van der Waals surface area (Å²) in [7, 11) is 0. The summed E-state index contributed by atoms with van der Waals surface area (Å²) in [6, 6.07) is 19.1. The smallest absolute Gasteiger partial charge is 0.268 e. The van der Waals surface area contributed by atoms with Crippen molar-refractivity contribution in [1.82, 2.24) is 24.6 Å². The first-order chi connectivity index (χ1) is 13.2. The molecule has 0 aliphatic rings. The van der Waals surface area contributed by atoms with Gasteiger partial charge in [0.25, 0.3) is 5.56 Å². The third-order valence-corrected chi connectivity index (χ3v) is 4.69. The van der Waals surface area contributed by atoms with Crippen LogP contribution in [-0.4, -0.2) is 24.6 Å². The molecule has 5 aromatic rings. The summed E-state index contributed by atoms with van der Waals surface area (Å²) in [6.45, 7) is 0. The van der Waals surface area contributed by atoms with Crippen molar-refractivity contribution in [1.29, 1.82) is 0 Å². The van der Waals surface area contributed by atoms with Crippen LogP contribution in [0.2, 0.25) is 5.02 Å². The Morgan fingerprint density at radius 1 is 0.926 bits per heavy atom. The quantitative estimate of drug-likeness (QED) is 0.508. The molecule has 130 valence electrons. The minimum Gasteiger partial charge on any atom is -0.268 e. The maximum absolute atomic E-state index is 13.1. The maximum Gasteiger partial charge on any atom is 0.270 e. The average molecular weight is 374 g/mol. The zero-order valence-corrected chi connectivity index (χ0v) is 14.7. The summed E-state index contributed by atoms with van der Waals surface area (Å²) in [5.74, 6) is 0.354. The van der Waals surface area contributed by atoms with Gasteiger partial charge in [0.05, 0.1) is 11.1 Å². The van der Waals surface area contributed by atoms with E-state index in [4.69, 9.17) is 11.6 Å². The molecule has 0 unspecified atom stereocenters. The van der Waals surface area contributed by atoms with E-state index in [1.807, 2.05) is 48.5 Å². The Morgan fingerprint density at radius 3 is 2.48 bits per heavy atom. The van der Waals surface area contributed by atoms with Gasteiger partial charge < -0.3 is 0 Å². The van der Waals surface area contributed by atoms with Crippen LogP contribution in [0.4, 0.5) is 0 Å². The predicted octanol–water partition coefficient (Wildman–Crippen LogP) is 3.95. The fourth-order valence-electron chi connectivity index (χ4n) is 3.14. The Labute approximate surface area is 158 Å². The summed E-state index contributed by atoms with van der Waals surface area (Å²) in [4.78, 5) is 22.2. The molecule has 0 radical (unpaired) electrons. The monoisotopic (exact) mass is 373 g/mol. The molecule has 0 atom stereocenters. The second kappa shape index (κ2) is 6.03. The number of halogens is 1. The van der Waals surface area contributed by atoms with E-state index in [0.29, 0.717) is 21.8 Å². The van der Waals surface area contributed by atoms with Gasteiger partial charge in [0.2, 0.25) is 5.78 Å². The SMILES string of the molecule is O=c1c2c(-c3ccc(Cl)cc3)cc(-c3ccccc3)nc2nc2[nH]ncn12. The number of nitrogens with zero attached hydrogens (tertiary/aromatic N) is 4. The number of hydrogen-bond donors (Lipinski definition) is 1. The first-order valence-electron chi connectivity index (χ1n) is 8.28. The van der Waals surface area contributed by atoms with Crippen molar-refractivity contribution in [2.24, 2.45) is 0 Å². The minimum atomic E-state index is -0.221. The Kier molecular flexibility index (Phi) is 3.51. The zero-order valence-electron chi connectivity index (χ0n) is 13.9. The van der Waals surface area contributed by atoms with Crippen molar-refractivity contribution < 1.29 is 0 Å². The number of aromatic amines is 1. The van der Waals surface area contributed by atoms with Crippen molar-refractivity contribution in [3.05, 3.63) is 82.4 Å². The van der Waals surface area contributed by atoms with Gasteiger partial charge in [-0.15, -0.1) is 0 Å². The van der Waals surface area contributed by atoms with Crippen LogP contribution in [0.15, 0.2) is 71.8 Å². The van der Waals surface area contributed by atoms with Crippen LogP contribution in [0, 0.1) is 0 Å². The molecule has 3 heterocycles. The molecule has 3 aromatic heterocycles. The molecule has 0 spiro atoms. The van der Waals surface area contributed by atoms with E-state index in [-0.39, 0.29) is 5.56 Å². The molecule has 0 aliphatic heterocycles. The molecular formula is C20H12ClN5O. The van der Waals surface area contributed by atoms with Gasteiger partial charge in [-0.25, -0.2) is 14.5 Å². The molecule has 2 aromatic carbocycles. The molecule has 7 heteroatoms. The van der Waals surface area contributed by atoms with Gasteiger partial charge in [-0.2, -0.15) is 10.1 Å². The Balaban J connectivity index is 1.91. The number of fused-ring (bicyclic) bond motifs is 2. The molecule has 1 N–H and O–H groups in total. The lowest BCUT2D eigenvalue weighted by Crippen LogP contribution is -2.15. The topological polar surface area (TPSA) is 75.9 Å². The minimum absolute atomic E-state index is 0.221. The van der Waals surface area contributed by atoms with E-state index >= 15 is 0 Å². The van der Waals surface area contributed by atoms with Crippen LogP contribution in [0.25, 0.3) is 39.2 Å². The molecule has 6 nitrogen and oxygen atoms in total. The highest BCUT2D eigenvalue weighted by Crippen LogP contribution is 2.30. The van der Waals surface area contributed by atoms with Crippen molar-refractivity contribution in [2.75, 3.05) is 0 Å². The number of hydrogen-bond acceptors (Lipinski definition) is 4. The van der Waals surface area contributed by atoms with Gasteiger partial charge in [-0.1, -0.05) is 54.1 Å². The molecule has 0 bridgehead atoms. The lowest BCUT2D eigenvalue weighted by molar-refractivity contribution is 1.08. The first kappa shape index (κ1) is 15.7. The first-order valence-corrected chi connectivity index (χ1v) is 8.66. The molecule has 0 fully saturated rings. The average Bonchev–Trinajstić information content (AvgIpc) is 3.17. The standard InChI is InChI=1S/C20H12ClN5O/c21-14-8-6-12(7-9-14)15-10-16(13-4-2-1-3-5-13)23-18-17(15)19(27)26-11-22-25-20(26)24-18/h1-11H,(H,23,24,25). The van der Waals surface area contributed by atoms with E-state index < -0.39 is 0 Å². The van der Waals surface area contributed by atoms with Crippen LogP contribution >= 0.6 is 11.6 Å². The molecule has 27 heavy (non-hydrogen) atoms. The van der Waals surface area contributed by atoms with E-state index in [1.165, 1.54) is 10.7 Å². The van der Waals surface area contributed by atoms with E-state index in [1.54, 1.807) is 12.1 Å². The van der Waals surface area contributed by atoms with Crippen molar-refractivity contribution in [2.45, 2.75) is 0 Å². The van der Waals surface area contributed by atoms with Crippen molar-refractivity contribution in [3.8, 4) is 22.4 Å². The number of nitrogens with one attached hydrogen (secondary N) is 1. The highest BCUT2D eigenvalue weighted by Gasteiger charge is 2.16. The lowest BCUT2D eigenvalue weighted by Gasteiger charge is -2.10. The van der Waals surface area contributed by atoms with E-state index in [9.17, 15) is 4.79 Å². The fraction of sp³-hybridized carbons (Fsp3) is 0. The zero-order chi connectivity index (χ0) is 18.4. The highest BCUT2D eigenvalue weighted by atomic mass is 35.5. The number of benzene rings is 2. The van der Waals surface area contributed by atoms with Crippen LogP contribution in [0.1, 0.15) is 0 Å². The van der Waals surface area contributed by atoms with Crippen LogP contribution in [0.5, 0.6) is 0 Å². The molecule has 0 saturated carbocycles. The second-order valence-electron chi connectivity index (χ2n) is 6.09. The predicted molar refractivity (Wildman–Crippen MR) is 105 cm³/mol. The van der Waals surface area contributed by atoms with E-state index in [2.05, 4.69) is 20.2 Å². The third kappa shape index (κ3) is 2.58. The molecule has 5 rings (SSSR count). The van der Waals surface area contributed by atoms with Gasteiger partial charge in [-0.3, -0.25) is 4.79 Å². The number of aromatic nitrogens is 5. The second-order valence-corrected chi connectivity index (χ2v) is 6.53. The fourth-order valence-corrected chi connectivity index (χ4v) is 3.26. The van der Waals surface area contributed by atoms with Crippen LogP contribution in [-0.2, 0) is 0 Å². The number of H-pyrrole nitrogens is 1. The number of rotatable bonds is 2. The summed E-state index contributed by atoms with van der Waals surface area (Å²) >= 11 is 6.04. The van der Waals surface area contributed by atoms with Gasteiger partial charge in [-0.05, 0) is 23.8 Å². The summed E-state index contributed by atoms with van der Waals surface area (Å²) in [6.07, 6.45) is 1.42. The van der Waals surface area contributed by atoms with E-state index in [0.717, 1.165) is 22.4 Å². The Hall–Kier alpha value is -3.51. The van der Waals surface area contributed by atoms with Gasteiger partial charge >= 0.3 is 0 Å². The highest BCUT2D eigenvalue weighted by molar-refractivity contribution is 6.30. The van der Waals surface area contributed by atoms with Crippen LogP contribution < -0.4 is 5.56 Å². The maximum atomic E-state index is 13.1. The molecular weight excluding hydrogens is 362 g/mol. The number of pyridine rings is 1. The van der Waals surface area contributed by atoms with Crippen molar-refractivity contribution in [3.63, 3.8) is 0 Å². The normalized spacial score (nSPS) is 11.3. The van der Waals surface area contributed by atoms with Crippen LogP contribution in [0.3, 0.4) is 0 Å². The summed E-state index contributed by atoms with van der Waals surface area (Å²) in [5.41, 5.74) is 3.45. The Morgan fingerprint density at radius 2 is 1.70 bits per heavy atom. The van der Waals surface area contributed by atoms with Gasteiger partial charge in [0.1, 0.15) is 6.33 Å². The summed E-state index contributed by atoms with van der Waals surface area (Å²) < 4.78 is 1.38. The van der Waals surface area contributed by atoms with Gasteiger partial charge in [0.15, 0.2) is 5.65 Å². The Bertz CT molecular complexity index is 1340. The third-order valence-electron chi connectivity index (χ3n) is 4.44. The largest absolute Gasteiger partial charge is 0.270 e. The summed E-state index contributed by atoms with van der Waals surface area (Å²) in [5, 5.41) is 7.71. The van der Waals surface area contributed by atoms with Gasteiger partial charge in [0, 0.05) is 16.1 Å². The van der Waals surface area contributed by atoms with Crippen molar-refractivity contribution >= 4 is 28.4 Å². The molecule has 0 aliphatic carbocycles. The lowest BCUT2D eigenvalue weighted by atomic mass is 10.0. The molecule has 0 saturated heterocycles.